The number of rotatable bonds is 8. The first-order valence-electron chi connectivity index (χ1n) is 13.5. The van der Waals surface area contributed by atoms with Gasteiger partial charge in [-0.2, -0.15) is 0 Å². The summed E-state index contributed by atoms with van der Waals surface area (Å²) in [7, 11) is 0. The summed E-state index contributed by atoms with van der Waals surface area (Å²) >= 11 is 0. The quantitative estimate of drug-likeness (QED) is 0.299. The smallest absolute Gasteiger partial charge is 0.306 e. The van der Waals surface area contributed by atoms with Gasteiger partial charge >= 0.3 is 5.97 Å². The maximum atomic E-state index is 12.2. The van der Waals surface area contributed by atoms with Crippen LogP contribution in [0.5, 0.6) is 0 Å². The van der Waals surface area contributed by atoms with E-state index in [0.717, 1.165) is 49.9 Å². The Morgan fingerprint density at radius 2 is 2.15 bits per heavy atom. The van der Waals surface area contributed by atoms with Crippen LogP contribution in [0.1, 0.15) is 103 Å². The molecule has 0 amide bonds. The predicted octanol–water partition coefficient (Wildman–Crippen LogP) is 7.92. The molecular formula is C30H43NO2. The van der Waals surface area contributed by atoms with Gasteiger partial charge in [0.05, 0.1) is 0 Å². The largest absolute Gasteiger partial charge is 0.462 e. The lowest BCUT2D eigenvalue weighted by atomic mass is 9.51. The first-order chi connectivity index (χ1) is 16.0. The highest BCUT2D eigenvalue weighted by Gasteiger charge is 2.49. The molecule has 1 heterocycles. The van der Waals surface area contributed by atoms with Crippen LogP contribution in [0.15, 0.2) is 42.3 Å². The molecule has 0 unspecified atom stereocenters. The summed E-state index contributed by atoms with van der Waals surface area (Å²) in [5, 5.41) is 0. The zero-order valence-electron chi connectivity index (χ0n) is 21.0. The van der Waals surface area contributed by atoms with E-state index in [0.29, 0.717) is 11.8 Å². The zero-order valence-corrected chi connectivity index (χ0v) is 21.0. The molecule has 0 bridgehead atoms. The summed E-state index contributed by atoms with van der Waals surface area (Å²) < 4.78 is 5.87. The van der Waals surface area contributed by atoms with E-state index in [-0.39, 0.29) is 12.1 Å². The molecule has 1 aromatic heterocycles. The number of hydrogen-bond acceptors (Lipinski definition) is 3. The zero-order chi connectivity index (χ0) is 23.3. The van der Waals surface area contributed by atoms with Crippen molar-refractivity contribution in [1.29, 1.82) is 0 Å². The molecule has 180 valence electrons. The van der Waals surface area contributed by atoms with Gasteiger partial charge in [-0.05, 0) is 91.7 Å². The minimum atomic E-state index is 0.00426. The van der Waals surface area contributed by atoms with E-state index in [1.54, 1.807) is 5.57 Å². The Morgan fingerprint density at radius 1 is 1.27 bits per heavy atom. The number of hydrogen-bond donors (Lipinski definition) is 0. The number of ether oxygens (including phenoxy) is 1. The highest BCUT2D eigenvalue weighted by Crippen LogP contribution is 2.58. The van der Waals surface area contributed by atoms with Crippen LogP contribution in [0.25, 0.3) is 5.57 Å². The molecule has 4 rings (SSSR count). The fourth-order valence-electron chi connectivity index (χ4n) is 7.00. The van der Waals surface area contributed by atoms with Gasteiger partial charge in [0.25, 0.3) is 0 Å². The van der Waals surface area contributed by atoms with E-state index < -0.39 is 0 Å². The van der Waals surface area contributed by atoms with E-state index in [1.807, 2.05) is 18.5 Å². The summed E-state index contributed by atoms with van der Waals surface area (Å²) in [6.45, 7) is 6.90. The first kappa shape index (κ1) is 24.2. The summed E-state index contributed by atoms with van der Waals surface area (Å²) in [6, 6.07) is 4.23. The van der Waals surface area contributed by atoms with Crippen LogP contribution in [-0.4, -0.2) is 17.1 Å². The van der Waals surface area contributed by atoms with Crippen molar-refractivity contribution in [3.63, 3.8) is 0 Å². The Bertz CT molecular complexity index is 857. The number of unbranched alkanes of at least 4 members (excludes halogenated alkanes) is 1. The molecule has 0 aromatic carbocycles. The Morgan fingerprint density at radius 3 is 2.91 bits per heavy atom. The van der Waals surface area contributed by atoms with E-state index in [4.69, 9.17) is 4.74 Å². The van der Waals surface area contributed by atoms with Crippen molar-refractivity contribution >= 4 is 11.5 Å². The molecule has 33 heavy (non-hydrogen) atoms. The van der Waals surface area contributed by atoms with Crippen LogP contribution in [0, 0.1) is 23.2 Å². The number of carbonyl (C=O) groups is 1. The highest BCUT2D eigenvalue weighted by molar-refractivity contribution is 5.69. The molecule has 5 atom stereocenters. The van der Waals surface area contributed by atoms with E-state index in [2.05, 4.69) is 44.0 Å². The van der Waals surface area contributed by atoms with Gasteiger partial charge in [-0.25, -0.2) is 0 Å². The van der Waals surface area contributed by atoms with Gasteiger partial charge in [0, 0.05) is 25.2 Å². The maximum absolute atomic E-state index is 12.2. The average molecular weight is 450 g/mol. The van der Waals surface area contributed by atoms with Crippen molar-refractivity contribution in [2.75, 3.05) is 0 Å². The van der Waals surface area contributed by atoms with Gasteiger partial charge in [0.1, 0.15) is 6.10 Å². The van der Waals surface area contributed by atoms with Crippen molar-refractivity contribution in [1.82, 2.24) is 4.98 Å². The molecule has 3 aliphatic rings. The van der Waals surface area contributed by atoms with Crippen LogP contribution in [0.3, 0.4) is 0 Å². The molecule has 0 radical (unpaired) electrons. The monoisotopic (exact) mass is 449 g/mol. The lowest BCUT2D eigenvalue weighted by Crippen LogP contribution is -2.46. The molecule has 0 N–H and O–H groups in total. The van der Waals surface area contributed by atoms with Crippen LogP contribution in [0.4, 0.5) is 0 Å². The van der Waals surface area contributed by atoms with Crippen LogP contribution in [-0.2, 0) is 9.53 Å². The Labute approximate surface area is 201 Å². The molecule has 3 heteroatoms. The molecule has 0 saturated heterocycles. The second-order valence-electron chi connectivity index (χ2n) is 10.9. The number of allylic oxidation sites excluding steroid dienone is 3. The second-order valence-corrected chi connectivity index (χ2v) is 10.9. The van der Waals surface area contributed by atoms with E-state index in [9.17, 15) is 4.79 Å². The number of nitrogens with zero attached hydrogens (tertiary/aromatic N) is 1. The normalized spacial score (nSPS) is 31.8. The lowest BCUT2D eigenvalue weighted by molar-refractivity contribution is -0.151. The van der Waals surface area contributed by atoms with Crippen molar-refractivity contribution in [2.45, 2.75) is 104 Å². The summed E-state index contributed by atoms with van der Waals surface area (Å²) in [6.07, 6.45) is 22.3. The molecule has 2 saturated carbocycles. The molecule has 2 fully saturated rings. The third kappa shape index (κ3) is 5.44. The number of aromatic nitrogens is 1. The molecule has 0 spiro atoms. The van der Waals surface area contributed by atoms with E-state index >= 15 is 0 Å². The first-order valence-corrected chi connectivity index (χ1v) is 13.5. The second kappa shape index (κ2) is 11.0. The summed E-state index contributed by atoms with van der Waals surface area (Å²) in [5.74, 6) is 2.36. The molecule has 0 aliphatic heterocycles. The highest BCUT2D eigenvalue weighted by atomic mass is 16.5. The van der Waals surface area contributed by atoms with Crippen molar-refractivity contribution < 1.29 is 9.53 Å². The minimum Gasteiger partial charge on any atom is -0.462 e. The summed E-state index contributed by atoms with van der Waals surface area (Å²) in [4.78, 5) is 16.5. The number of carbonyl (C=O) groups excluding carboxylic acids is 1. The van der Waals surface area contributed by atoms with Gasteiger partial charge in [-0.15, -0.1) is 0 Å². The molecule has 1 aromatic rings. The van der Waals surface area contributed by atoms with Crippen molar-refractivity contribution in [2.24, 2.45) is 23.2 Å². The van der Waals surface area contributed by atoms with Crippen LogP contribution in [0.2, 0.25) is 0 Å². The fourth-order valence-corrected chi connectivity index (χ4v) is 7.00. The third-order valence-corrected chi connectivity index (χ3v) is 8.95. The Balaban J connectivity index is 1.43. The van der Waals surface area contributed by atoms with E-state index in [1.165, 1.54) is 49.7 Å². The summed E-state index contributed by atoms with van der Waals surface area (Å²) in [5.41, 5.74) is 4.60. The van der Waals surface area contributed by atoms with Gasteiger partial charge in [-0.3, -0.25) is 9.78 Å². The maximum Gasteiger partial charge on any atom is 0.306 e. The predicted molar refractivity (Wildman–Crippen MR) is 136 cm³/mol. The van der Waals surface area contributed by atoms with Crippen molar-refractivity contribution in [3.8, 4) is 0 Å². The standard InChI is InChI=1S/C30H43NO2/c1-4-6-12-29(32)33-26-17-18-30(3)25(20-26)15-16-27-23(9-7-11-28(27)30)14-13-22(5-2)24-10-8-19-31-21-24/h8,10,13,15,19,21,23,26-28H,4-7,9,11-12,14,16-18,20H2,1-3H3/b22-13+/t23-,26-,27-,28-,30-/m0/s1. The van der Waals surface area contributed by atoms with Gasteiger partial charge < -0.3 is 4.74 Å². The number of pyridine rings is 1. The molecular weight excluding hydrogens is 406 g/mol. The van der Waals surface area contributed by atoms with Crippen LogP contribution < -0.4 is 0 Å². The number of fused-ring (bicyclic) bond motifs is 3. The third-order valence-electron chi connectivity index (χ3n) is 8.95. The van der Waals surface area contributed by atoms with Crippen molar-refractivity contribution in [3.05, 3.63) is 47.8 Å². The average Bonchev–Trinajstić information content (AvgIpc) is 2.84. The lowest BCUT2D eigenvalue weighted by Gasteiger charge is -2.54. The topological polar surface area (TPSA) is 39.2 Å². The molecule has 3 aliphatic carbocycles. The van der Waals surface area contributed by atoms with Gasteiger partial charge in [0.2, 0.25) is 0 Å². The number of esters is 1. The minimum absolute atomic E-state index is 0.00426. The van der Waals surface area contributed by atoms with Gasteiger partial charge in [0.15, 0.2) is 0 Å². The molecule has 3 nitrogen and oxygen atoms in total. The fraction of sp³-hybridized carbons (Fsp3) is 0.667. The van der Waals surface area contributed by atoms with Crippen LogP contribution >= 0.6 is 0 Å². The SMILES string of the molecule is CCCCC(=O)O[C@H]1CC[C@@]2(C)C(=CC[C@H]3[C@H](C/C=C(\CC)c4cccnc4)CCC[C@@H]32)C1. The Kier molecular flexibility index (Phi) is 8.09. The van der Waals surface area contributed by atoms with Gasteiger partial charge in [-0.1, -0.05) is 57.4 Å². The Hall–Kier alpha value is -1.90.